The summed E-state index contributed by atoms with van der Waals surface area (Å²) in [7, 11) is -1.80. The molecule has 5 rings (SSSR count). The quantitative estimate of drug-likeness (QED) is 0.273. The first-order chi connectivity index (χ1) is 18.1. The Morgan fingerprint density at radius 1 is 0.947 bits per heavy atom. The predicted octanol–water partition coefficient (Wildman–Crippen LogP) is 5.96. The molecule has 0 atom stereocenters. The van der Waals surface area contributed by atoms with Gasteiger partial charge in [0.1, 0.15) is 17.0 Å². The third-order valence-corrected chi connectivity index (χ3v) is 7.74. The summed E-state index contributed by atoms with van der Waals surface area (Å²) in [6.45, 7) is 4.91. The third kappa shape index (κ3) is 5.08. The zero-order valence-electron chi connectivity index (χ0n) is 21.7. The van der Waals surface area contributed by atoms with Crippen molar-refractivity contribution in [2.75, 3.05) is 11.6 Å². The molecular weight excluding hydrogens is 498 g/mol. The zero-order chi connectivity index (χ0) is 27.0. The Bertz CT molecular complexity index is 1820. The number of hydrogen-bond acceptors (Lipinski definition) is 5. The maximum absolute atomic E-state index is 12.6. The number of aromatic nitrogens is 2. The number of anilines is 1. The van der Waals surface area contributed by atoms with Crippen molar-refractivity contribution in [3.8, 4) is 22.6 Å². The van der Waals surface area contributed by atoms with Crippen molar-refractivity contribution in [1.29, 1.82) is 0 Å². The molecular formula is C30H29N3O4S. The number of ether oxygens (including phenoxy) is 1. The minimum atomic E-state index is -3.46. The molecule has 0 aliphatic heterocycles. The second-order valence-corrected chi connectivity index (χ2v) is 11.6. The van der Waals surface area contributed by atoms with Gasteiger partial charge in [0.2, 0.25) is 0 Å². The summed E-state index contributed by atoms with van der Waals surface area (Å²) < 4.78 is 32.4. The molecule has 2 aromatic heterocycles. The van der Waals surface area contributed by atoms with Crippen molar-refractivity contribution in [2.45, 2.75) is 25.3 Å². The van der Waals surface area contributed by atoms with Gasteiger partial charge in [-0.1, -0.05) is 23.8 Å². The van der Waals surface area contributed by atoms with E-state index in [0.29, 0.717) is 40.1 Å². The molecule has 0 aliphatic carbocycles. The second-order valence-electron chi connectivity index (χ2n) is 9.57. The van der Waals surface area contributed by atoms with Gasteiger partial charge in [0.25, 0.3) is 5.56 Å². The van der Waals surface area contributed by atoms with Gasteiger partial charge in [-0.2, -0.15) is 0 Å². The fourth-order valence-corrected chi connectivity index (χ4v) is 5.18. The van der Waals surface area contributed by atoms with Crippen LogP contribution in [-0.4, -0.2) is 24.2 Å². The van der Waals surface area contributed by atoms with Gasteiger partial charge >= 0.3 is 0 Å². The number of hydrogen-bond donors (Lipinski definition) is 2. The Morgan fingerprint density at radius 2 is 1.71 bits per heavy atom. The topological polar surface area (TPSA) is 93.2 Å². The van der Waals surface area contributed by atoms with Crippen LogP contribution in [0.3, 0.4) is 0 Å². The average molecular weight is 528 g/mol. The minimum absolute atomic E-state index is 0.167. The van der Waals surface area contributed by atoms with E-state index in [2.05, 4.69) is 42.3 Å². The van der Waals surface area contributed by atoms with Crippen LogP contribution in [0.5, 0.6) is 11.5 Å². The summed E-state index contributed by atoms with van der Waals surface area (Å²) in [6.07, 6.45) is 4.57. The Morgan fingerprint density at radius 3 is 2.42 bits per heavy atom. The molecule has 38 heavy (non-hydrogen) atoms. The first kappa shape index (κ1) is 25.4. The smallest absolute Gasteiger partial charge is 0.274 e. The van der Waals surface area contributed by atoms with E-state index >= 15 is 0 Å². The number of sulfone groups is 1. The summed E-state index contributed by atoms with van der Waals surface area (Å²) in [5, 5.41) is 4.13. The van der Waals surface area contributed by atoms with Crippen molar-refractivity contribution < 1.29 is 13.2 Å². The van der Waals surface area contributed by atoms with Gasteiger partial charge in [-0.05, 0) is 73.5 Å². The Labute approximate surface area is 221 Å². The van der Waals surface area contributed by atoms with Crippen LogP contribution in [0.15, 0.2) is 88.8 Å². The molecule has 0 spiro atoms. The van der Waals surface area contributed by atoms with Crippen LogP contribution in [0, 0.1) is 13.8 Å². The normalized spacial score (nSPS) is 11.6. The van der Waals surface area contributed by atoms with Crippen LogP contribution in [0.2, 0.25) is 0 Å². The van der Waals surface area contributed by atoms with Crippen LogP contribution in [-0.2, 0) is 23.4 Å². The number of nitrogens with one attached hydrogen (secondary N) is 2. The van der Waals surface area contributed by atoms with E-state index in [1.54, 1.807) is 37.6 Å². The van der Waals surface area contributed by atoms with Crippen LogP contribution >= 0.6 is 0 Å². The van der Waals surface area contributed by atoms with E-state index in [9.17, 15) is 13.2 Å². The fourth-order valence-electron chi connectivity index (χ4n) is 4.53. The van der Waals surface area contributed by atoms with Gasteiger partial charge in [0, 0.05) is 54.4 Å². The molecule has 3 aromatic carbocycles. The van der Waals surface area contributed by atoms with Gasteiger partial charge in [-0.3, -0.25) is 4.79 Å². The molecule has 2 N–H and O–H groups in total. The first-order valence-corrected chi connectivity index (χ1v) is 14.1. The van der Waals surface area contributed by atoms with Gasteiger partial charge in [0.05, 0.1) is 4.90 Å². The molecule has 0 radical (unpaired) electrons. The summed E-state index contributed by atoms with van der Waals surface area (Å²) in [4.78, 5) is 15.7. The molecule has 2 heterocycles. The monoisotopic (exact) mass is 527 g/mol. The highest BCUT2D eigenvalue weighted by molar-refractivity contribution is 7.90. The van der Waals surface area contributed by atoms with Gasteiger partial charge in [-0.25, -0.2) is 8.42 Å². The highest BCUT2D eigenvalue weighted by atomic mass is 32.2. The van der Waals surface area contributed by atoms with Crippen molar-refractivity contribution in [3.63, 3.8) is 0 Å². The van der Waals surface area contributed by atoms with Crippen molar-refractivity contribution in [2.24, 2.45) is 7.05 Å². The zero-order valence-corrected chi connectivity index (χ0v) is 22.5. The summed E-state index contributed by atoms with van der Waals surface area (Å²) in [6, 6.07) is 20.6. The third-order valence-electron chi connectivity index (χ3n) is 6.63. The van der Waals surface area contributed by atoms with Crippen LogP contribution in [0.4, 0.5) is 5.69 Å². The lowest BCUT2D eigenvalue weighted by Crippen LogP contribution is -2.16. The average Bonchev–Trinajstić information content (AvgIpc) is 3.37. The predicted molar refractivity (Wildman–Crippen MR) is 152 cm³/mol. The maximum Gasteiger partial charge on any atom is 0.274 e. The number of H-pyrrole nitrogens is 1. The van der Waals surface area contributed by atoms with Gasteiger partial charge < -0.3 is 19.6 Å². The molecule has 5 aromatic rings. The van der Waals surface area contributed by atoms with Gasteiger partial charge in [-0.15, -0.1) is 0 Å². The highest BCUT2D eigenvalue weighted by Crippen LogP contribution is 2.38. The van der Waals surface area contributed by atoms with Crippen molar-refractivity contribution >= 4 is 26.4 Å². The molecule has 8 heteroatoms. The summed E-state index contributed by atoms with van der Waals surface area (Å²) in [5.41, 5.74) is 6.22. The summed E-state index contributed by atoms with van der Waals surface area (Å²) >= 11 is 0. The lowest BCUT2D eigenvalue weighted by molar-refractivity contribution is 0.484. The lowest BCUT2D eigenvalue weighted by atomic mass is 10.0. The van der Waals surface area contributed by atoms with Gasteiger partial charge in [0.15, 0.2) is 9.84 Å². The first-order valence-electron chi connectivity index (χ1n) is 12.2. The van der Waals surface area contributed by atoms with Crippen molar-refractivity contribution in [3.05, 3.63) is 106 Å². The SMILES string of the molecule is Cc1ccc(CNc2ccc(Oc3ccc(S(C)(=O)=O)cc3-c3cn(C)c(=O)c4[nH]ccc34)cc2)c(C)c1. The molecule has 0 saturated carbocycles. The highest BCUT2D eigenvalue weighted by Gasteiger charge is 2.18. The van der Waals surface area contributed by atoms with Crippen molar-refractivity contribution in [1.82, 2.24) is 9.55 Å². The van der Waals surface area contributed by atoms with Crippen LogP contribution in [0.25, 0.3) is 22.0 Å². The standard InChI is InChI=1S/C30H29N3O4S/c1-19-5-6-21(20(2)15-19)17-32-22-7-9-23(10-8-22)37-28-12-11-24(38(4,35)36)16-26(28)27-18-33(3)30(34)29-25(27)13-14-31-29/h5-16,18,31-32H,17H2,1-4H3. The summed E-state index contributed by atoms with van der Waals surface area (Å²) in [5.74, 6) is 1.08. The number of aryl methyl sites for hydroxylation is 3. The van der Waals surface area contributed by atoms with E-state index in [-0.39, 0.29) is 10.5 Å². The Kier molecular flexibility index (Phi) is 6.59. The second kappa shape index (κ2) is 9.87. The molecule has 0 bridgehead atoms. The molecule has 0 aliphatic rings. The number of nitrogens with zero attached hydrogens (tertiary/aromatic N) is 1. The molecule has 7 nitrogen and oxygen atoms in total. The largest absolute Gasteiger partial charge is 0.457 e. The minimum Gasteiger partial charge on any atom is -0.457 e. The molecule has 0 fully saturated rings. The fraction of sp³-hybridized carbons (Fsp3) is 0.167. The number of rotatable bonds is 7. The Hall–Kier alpha value is -4.30. The van der Waals surface area contributed by atoms with E-state index in [1.165, 1.54) is 33.6 Å². The van der Waals surface area contributed by atoms with E-state index in [1.807, 2.05) is 24.3 Å². The van der Waals surface area contributed by atoms with E-state index < -0.39 is 9.84 Å². The van der Waals surface area contributed by atoms with Crippen LogP contribution < -0.4 is 15.6 Å². The number of benzene rings is 3. The lowest BCUT2D eigenvalue weighted by Gasteiger charge is -2.15. The number of pyridine rings is 1. The van der Waals surface area contributed by atoms with E-state index in [0.717, 1.165) is 5.69 Å². The molecule has 0 unspecified atom stereocenters. The van der Waals surface area contributed by atoms with E-state index in [4.69, 9.17) is 4.74 Å². The molecule has 0 amide bonds. The number of fused-ring (bicyclic) bond motifs is 1. The molecule has 194 valence electrons. The molecule has 0 saturated heterocycles. The Balaban J connectivity index is 1.47. The van der Waals surface area contributed by atoms with Crippen LogP contribution in [0.1, 0.15) is 16.7 Å². The maximum atomic E-state index is 12.6. The number of aromatic amines is 1.